The lowest BCUT2D eigenvalue weighted by Gasteiger charge is -2.08. The summed E-state index contributed by atoms with van der Waals surface area (Å²) in [7, 11) is 0. The second kappa shape index (κ2) is 8.08. The summed E-state index contributed by atoms with van der Waals surface area (Å²) in [5.74, 6) is 2.23. The van der Waals surface area contributed by atoms with Crippen molar-refractivity contribution >= 4 is 16.9 Å². The van der Waals surface area contributed by atoms with Gasteiger partial charge in [-0.25, -0.2) is 9.97 Å². The fourth-order valence-electron chi connectivity index (χ4n) is 3.26. The molecule has 142 valence electrons. The second-order valence-corrected chi connectivity index (χ2v) is 6.63. The van der Waals surface area contributed by atoms with Crippen LogP contribution in [0.4, 0.5) is 0 Å². The van der Waals surface area contributed by atoms with Crippen LogP contribution in [0.5, 0.6) is 0 Å². The van der Waals surface area contributed by atoms with Crippen LogP contribution in [-0.4, -0.2) is 27.0 Å². The molecule has 0 aliphatic carbocycles. The zero-order chi connectivity index (χ0) is 19.3. The summed E-state index contributed by atoms with van der Waals surface area (Å²) in [5.41, 5.74) is 3.04. The lowest BCUT2D eigenvalue weighted by molar-refractivity contribution is -0.121. The van der Waals surface area contributed by atoms with E-state index in [0.717, 1.165) is 28.2 Å². The maximum Gasteiger partial charge on any atom is 0.220 e. The monoisotopic (exact) mass is 374 g/mol. The number of benzene rings is 2. The number of carbonyl (C=O) groups excluding carboxylic acids is 1. The number of nitrogens with zero attached hydrogens (tertiary/aromatic N) is 3. The van der Waals surface area contributed by atoms with E-state index >= 15 is 0 Å². The van der Waals surface area contributed by atoms with Crippen molar-refractivity contribution in [3.05, 3.63) is 72.5 Å². The number of carbonyl (C=O) groups is 1. The largest absolute Gasteiger partial charge is 0.441 e. The van der Waals surface area contributed by atoms with Crippen LogP contribution in [-0.2, 0) is 17.8 Å². The molecule has 0 radical (unpaired) electrons. The van der Waals surface area contributed by atoms with Crippen molar-refractivity contribution in [2.75, 3.05) is 6.54 Å². The van der Waals surface area contributed by atoms with Crippen molar-refractivity contribution in [3.8, 4) is 11.3 Å². The molecule has 0 spiro atoms. The lowest BCUT2D eigenvalue weighted by atomic mass is 10.2. The van der Waals surface area contributed by atoms with Crippen LogP contribution >= 0.6 is 0 Å². The molecule has 6 nitrogen and oxygen atoms in total. The second-order valence-electron chi connectivity index (χ2n) is 6.63. The van der Waals surface area contributed by atoms with Gasteiger partial charge in [0.1, 0.15) is 5.82 Å². The number of hydrogen-bond donors (Lipinski definition) is 1. The number of oxazole rings is 1. The van der Waals surface area contributed by atoms with Gasteiger partial charge in [0.15, 0.2) is 11.7 Å². The van der Waals surface area contributed by atoms with E-state index in [2.05, 4.69) is 19.9 Å². The van der Waals surface area contributed by atoms with Gasteiger partial charge in [0, 0.05) is 31.5 Å². The molecule has 6 heteroatoms. The van der Waals surface area contributed by atoms with Gasteiger partial charge in [-0.1, -0.05) is 42.5 Å². The molecule has 0 saturated carbocycles. The molecule has 2 aromatic heterocycles. The Bertz CT molecular complexity index is 1080. The third-order valence-electron chi connectivity index (χ3n) is 4.68. The van der Waals surface area contributed by atoms with E-state index in [0.29, 0.717) is 31.8 Å². The van der Waals surface area contributed by atoms with Crippen molar-refractivity contribution in [2.24, 2.45) is 0 Å². The van der Waals surface area contributed by atoms with E-state index < -0.39 is 0 Å². The first-order valence-corrected chi connectivity index (χ1v) is 9.39. The Morgan fingerprint density at radius 2 is 1.89 bits per heavy atom. The van der Waals surface area contributed by atoms with Crippen LogP contribution in [0, 0.1) is 6.92 Å². The molecule has 0 unspecified atom stereocenters. The molecular weight excluding hydrogens is 352 g/mol. The number of fused-ring (bicyclic) bond motifs is 1. The lowest BCUT2D eigenvalue weighted by Crippen LogP contribution is -2.27. The first-order chi connectivity index (χ1) is 13.7. The van der Waals surface area contributed by atoms with E-state index in [4.69, 9.17) is 4.42 Å². The smallest absolute Gasteiger partial charge is 0.220 e. The van der Waals surface area contributed by atoms with Gasteiger partial charge >= 0.3 is 0 Å². The van der Waals surface area contributed by atoms with Crippen molar-refractivity contribution < 1.29 is 9.21 Å². The zero-order valence-electron chi connectivity index (χ0n) is 15.8. The molecule has 28 heavy (non-hydrogen) atoms. The van der Waals surface area contributed by atoms with Crippen LogP contribution in [0.25, 0.3) is 22.4 Å². The number of para-hydroxylation sites is 2. The Labute approximate surface area is 163 Å². The fraction of sp³-hybridized carbons (Fsp3) is 0.227. The zero-order valence-corrected chi connectivity index (χ0v) is 15.8. The molecular formula is C22H22N4O2. The Hall–Kier alpha value is -3.41. The minimum Gasteiger partial charge on any atom is -0.441 e. The normalized spacial score (nSPS) is 11.0. The Morgan fingerprint density at radius 3 is 2.75 bits per heavy atom. The standard InChI is InChI=1S/C22H22N4O2/c1-16-25-18-9-5-6-10-19(18)26(16)14-13-23-21(27)11-12-22-24-15-20(28-22)17-7-3-2-4-8-17/h2-10,15H,11-14H2,1H3,(H,23,27). The number of aryl methyl sites for hydroxylation is 2. The van der Waals surface area contributed by atoms with Gasteiger partial charge in [-0.3, -0.25) is 4.79 Å². The number of rotatable bonds is 7. The number of imidazole rings is 1. The van der Waals surface area contributed by atoms with E-state index in [1.165, 1.54) is 0 Å². The molecule has 4 aromatic rings. The molecule has 1 amide bonds. The molecule has 0 saturated heterocycles. The molecule has 1 N–H and O–H groups in total. The first kappa shape index (κ1) is 18.0. The average Bonchev–Trinajstić information content (AvgIpc) is 3.32. The molecule has 0 atom stereocenters. The molecule has 2 heterocycles. The maximum atomic E-state index is 12.2. The minimum atomic E-state index is -0.0125. The quantitative estimate of drug-likeness (QED) is 0.535. The SMILES string of the molecule is Cc1nc2ccccc2n1CCNC(=O)CCc1ncc(-c2ccccc2)o1. The van der Waals surface area contributed by atoms with Crippen LogP contribution < -0.4 is 5.32 Å². The van der Waals surface area contributed by atoms with Gasteiger partial charge in [-0.2, -0.15) is 0 Å². The number of nitrogens with one attached hydrogen (secondary N) is 1. The maximum absolute atomic E-state index is 12.2. The predicted molar refractivity (Wildman–Crippen MR) is 108 cm³/mol. The Kier molecular flexibility index (Phi) is 5.19. The third kappa shape index (κ3) is 3.96. The highest BCUT2D eigenvalue weighted by Crippen LogP contribution is 2.20. The molecule has 0 bridgehead atoms. The summed E-state index contributed by atoms with van der Waals surface area (Å²) in [5, 5.41) is 2.96. The topological polar surface area (TPSA) is 73.0 Å². The summed E-state index contributed by atoms with van der Waals surface area (Å²) in [6.07, 6.45) is 2.53. The van der Waals surface area contributed by atoms with Gasteiger partial charge in [-0.15, -0.1) is 0 Å². The molecule has 4 rings (SSSR count). The Balaban J connectivity index is 1.27. The van der Waals surface area contributed by atoms with Gasteiger partial charge in [0.05, 0.1) is 17.2 Å². The fourth-order valence-corrected chi connectivity index (χ4v) is 3.26. The molecule has 0 aliphatic heterocycles. The molecule has 0 aliphatic rings. The molecule has 0 fully saturated rings. The summed E-state index contributed by atoms with van der Waals surface area (Å²) >= 11 is 0. The summed E-state index contributed by atoms with van der Waals surface area (Å²) in [4.78, 5) is 21.0. The highest BCUT2D eigenvalue weighted by molar-refractivity contribution is 5.77. The van der Waals surface area contributed by atoms with Crippen LogP contribution in [0.15, 0.2) is 65.2 Å². The number of hydrogen-bond acceptors (Lipinski definition) is 4. The number of aromatic nitrogens is 3. The van der Waals surface area contributed by atoms with E-state index in [-0.39, 0.29) is 5.91 Å². The highest BCUT2D eigenvalue weighted by Gasteiger charge is 2.10. The van der Waals surface area contributed by atoms with Gasteiger partial charge < -0.3 is 14.3 Å². The van der Waals surface area contributed by atoms with Gasteiger partial charge in [0.2, 0.25) is 5.91 Å². The average molecular weight is 374 g/mol. The van der Waals surface area contributed by atoms with E-state index in [1.807, 2.05) is 61.5 Å². The van der Waals surface area contributed by atoms with Crippen LogP contribution in [0.2, 0.25) is 0 Å². The predicted octanol–water partition coefficient (Wildman–Crippen LogP) is 3.75. The van der Waals surface area contributed by atoms with Crippen LogP contribution in [0.3, 0.4) is 0 Å². The highest BCUT2D eigenvalue weighted by atomic mass is 16.4. The first-order valence-electron chi connectivity index (χ1n) is 9.39. The third-order valence-corrected chi connectivity index (χ3v) is 4.68. The van der Waals surface area contributed by atoms with E-state index in [9.17, 15) is 4.79 Å². The summed E-state index contributed by atoms with van der Waals surface area (Å²) in [6.45, 7) is 3.23. The van der Waals surface area contributed by atoms with Crippen molar-refractivity contribution in [1.29, 1.82) is 0 Å². The van der Waals surface area contributed by atoms with E-state index in [1.54, 1.807) is 6.20 Å². The number of amides is 1. The van der Waals surface area contributed by atoms with Crippen LogP contribution in [0.1, 0.15) is 18.1 Å². The van der Waals surface area contributed by atoms with Crippen molar-refractivity contribution in [1.82, 2.24) is 19.9 Å². The van der Waals surface area contributed by atoms with Gasteiger partial charge in [0.25, 0.3) is 0 Å². The van der Waals surface area contributed by atoms with Crippen molar-refractivity contribution in [2.45, 2.75) is 26.3 Å². The summed E-state index contributed by atoms with van der Waals surface area (Å²) < 4.78 is 7.86. The van der Waals surface area contributed by atoms with Gasteiger partial charge in [-0.05, 0) is 19.1 Å². The minimum absolute atomic E-state index is 0.0125. The molecule has 2 aromatic carbocycles. The van der Waals surface area contributed by atoms with Crippen molar-refractivity contribution in [3.63, 3.8) is 0 Å². The Morgan fingerprint density at radius 1 is 1.11 bits per heavy atom. The summed E-state index contributed by atoms with van der Waals surface area (Å²) in [6, 6.07) is 17.8.